The predicted octanol–water partition coefficient (Wildman–Crippen LogP) is 0.198. The highest BCUT2D eigenvalue weighted by atomic mass is 16.6. The van der Waals surface area contributed by atoms with Crippen molar-refractivity contribution in [1.29, 1.82) is 0 Å². The van der Waals surface area contributed by atoms with Crippen molar-refractivity contribution in [2.75, 3.05) is 0 Å². The average molecular weight is 128 g/mol. The third-order valence-electron chi connectivity index (χ3n) is 1.49. The van der Waals surface area contributed by atoms with E-state index in [9.17, 15) is 4.79 Å². The van der Waals surface area contributed by atoms with Crippen molar-refractivity contribution >= 4 is 5.97 Å². The largest absolute Gasteiger partial charge is 0.428 e. The number of carbonyl (C=O) groups is 1. The molecule has 0 unspecified atom stereocenters. The van der Waals surface area contributed by atoms with Gasteiger partial charge < -0.3 is 9.84 Å². The summed E-state index contributed by atoms with van der Waals surface area (Å²) in [4.78, 5) is 10.6. The second kappa shape index (κ2) is 1.84. The van der Waals surface area contributed by atoms with Crippen LogP contribution in [0.1, 0.15) is 13.8 Å². The first kappa shape index (κ1) is 6.29. The monoisotopic (exact) mass is 128 g/mol. The standard InChI is InChI=1S/C6H8O3/c1-3-4(2)6(8)9-5(3)7/h5,7H,1-2H3/t5-/m1/s1. The number of aliphatic hydroxyl groups is 1. The van der Waals surface area contributed by atoms with E-state index in [0.29, 0.717) is 11.1 Å². The number of cyclic esters (lactones) is 1. The first-order valence-corrected chi connectivity index (χ1v) is 2.69. The van der Waals surface area contributed by atoms with Crippen molar-refractivity contribution < 1.29 is 14.6 Å². The molecular weight excluding hydrogens is 120 g/mol. The maximum Gasteiger partial charge on any atom is 0.336 e. The highest BCUT2D eigenvalue weighted by molar-refractivity contribution is 5.91. The van der Waals surface area contributed by atoms with Gasteiger partial charge in [-0.1, -0.05) is 0 Å². The molecule has 9 heavy (non-hydrogen) atoms. The summed E-state index contributed by atoms with van der Waals surface area (Å²) in [6.45, 7) is 3.30. The Balaban J connectivity index is 2.92. The van der Waals surface area contributed by atoms with Crippen LogP contribution in [0.2, 0.25) is 0 Å². The lowest BCUT2D eigenvalue weighted by molar-refractivity contribution is -0.151. The van der Waals surface area contributed by atoms with E-state index in [4.69, 9.17) is 5.11 Å². The highest BCUT2D eigenvalue weighted by Crippen LogP contribution is 2.18. The molecule has 0 aliphatic carbocycles. The van der Waals surface area contributed by atoms with Gasteiger partial charge in [-0.25, -0.2) is 4.79 Å². The minimum Gasteiger partial charge on any atom is -0.428 e. The van der Waals surface area contributed by atoms with Gasteiger partial charge in [-0.3, -0.25) is 0 Å². The molecular formula is C6H8O3. The fraction of sp³-hybridized carbons (Fsp3) is 0.500. The topological polar surface area (TPSA) is 46.5 Å². The molecule has 1 aliphatic rings. The number of ether oxygens (including phenoxy) is 1. The zero-order valence-electron chi connectivity index (χ0n) is 5.34. The maximum atomic E-state index is 10.6. The van der Waals surface area contributed by atoms with Gasteiger partial charge in [0.15, 0.2) is 0 Å². The summed E-state index contributed by atoms with van der Waals surface area (Å²) in [5.41, 5.74) is 1.13. The Bertz CT molecular complexity index is 181. The van der Waals surface area contributed by atoms with Crippen molar-refractivity contribution in [3.8, 4) is 0 Å². The summed E-state index contributed by atoms with van der Waals surface area (Å²) >= 11 is 0. The number of hydrogen-bond acceptors (Lipinski definition) is 3. The van der Waals surface area contributed by atoms with Crippen LogP contribution in [0.5, 0.6) is 0 Å². The SMILES string of the molecule is CC1=C(C)[C@H](O)OC1=O. The second-order valence-electron chi connectivity index (χ2n) is 2.07. The Hall–Kier alpha value is -0.830. The van der Waals surface area contributed by atoms with Gasteiger partial charge in [0.25, 0.3) is 0 Å². The lowest BCUT2D eigenvalue weighted by atomic mass is 10.2. The summed E-state index contributed by atoms with van der Waals surface area (Å²) in [5.74, 6) is -0.417. The summed E-state index contributed by atoms with van der Waals surface area (Å²) in [7, 11) is 0. The number of carbonyl (C=O) groups excluding carboxylic acids is 1. The summed E-state index contributed by atoms with van der Waals surface area (Å²) in [6, 6.07) is 0. The van der Waals surface area contributed by atoms with Crippen LogP contribution >= 0.6 is 0 Å². The Morgan fingerprint density at radius 3 is 2.22 bits per heavy atom. The molecule has 0 saturated carbocycles. The lowest BCUT2D eigenvalue weighted by Gasteiger charge is -1.99. The zero-order chi connectivity index (χ0) is 7.02. The van der Waals surface area contributed by atoms with E-state index >= 15 is 0 Å². The van der Waals surface area contributed by atoms with Gasteiger partial charge in [0.05, 0.1) is 0 Å². The van der Waals surface area contributed by atoms with Gasteiger partial charge in [0, 0.05) is 11.1 Å². The zero-order valence-corrected chi connectivity index (χ0v) is 5.34. The summed E-state index contributed by atoms with van der Waals surface area (Å²) in [5, 5.41) is 8.84. The van der Waals surface area contributed by atoms with Crippen LogP contribution in [-0.4, -0.2) is 17.4 Å². The Morgan fingerprint density at radius 2 is 2.11 bits per heavy atom. The quantitative estimate of drug-likeness (QED) is 0.474. The second-order valence-corrected chi connectivity index (χ2v) is 2.07. The average Bonchev–Trinajstić information content (AvgIpc) is 1.98. The third-order valence-corrected chi connectivity index (χ3v) is 1.49. The molecule has 1 atom stereocenters. The maximum absolute atomic E-state index is 10.6. The molecule has 0 radical (unpaired) electrons. The molecule has 0 aromatic rings. The van der Waals surface area contributed by atoms with E-state index < -0.39 is 12.3 Å². The number of esters is 1. The van der Waals surface area contributed by atoms with Gasteiger partial charge >= 0.3 is 5.97 Å². The number of rotatable bonds is 0. The molecule has 3 nitrogen and oxygen atoms in total. The molecule has 0 amide bonds. The van der Waals surface area contributed by atoms with Gasteiger partial charge in [-0.15, -0.1) is 0 Å². The summed E-state index contributed by atoms with van der Waals surface area (Å²) < 4.78 is 4.43. The molecule has 0 aromatic carbocycles. The van der Waals surface area contributed by atoms with Crippen molar-refractivity contribution in [2.45, 2.75) is 20.1 Å². The van der Waals surface area contributed by atoms with E-state index in [1.165, 1.54) is 0 Å². The third kappa shape index (κ3) is 0.833. The van der Waals surface area contributed by atoms with Crippen molar-refractivity contribution in [2.24, 2.45) is 0 Å². The van der Waals surface area contributed by atoms with Gasteiger partial charge in [-0.05, 0) is 13.8 Å². The normalized spacial score (nSPS) is 27.0. The molecule has 0 spiro atoms. The van der Waals surface area contributed by atoms with Crippen LogP contribution in [0.4, 0.5) is 0 Å². The molecule has 3 heteroatoms. The Kier molecular flexibility index (Phi) is 1.29. The molecule has 1 heterocycles. The Morgan fingerprint density at radius 1 is 1.56 bits per heavy atom. The van der Waals surface area contributed by atoms with E-state index in [1.807, 2.05) is 0 Å². The first-order chi connectivity index (χ1) is 4.13. The van der Waals surface area contributed by atoms with Crippen LogP contribution in [-0.2, 0) is 9.53 Å². The van der Waals surface area contributed by atoms with Crippen LogP contribution in [0, 0.1) is 0 Å². The van der Waals surface area contributed by atoms with Gasteiger partial charge in [0.1, 0.15) is 0 Å². The fourth-order valence-electron chi connectivity index (χ4n) is 0.624. The van der Waals surface area contributed by atoms with E-state index in [2.05, 4.69) is 4.74 Å². The number of aliphatic hydroxyl groups excluding tert-OH is 1. The smallest absolute Gasteiger partial charge is 0.336 e. The van der Waals surface area contributed by atoms with Crippen LogP contribution in [0.3, 0.4) is 0 Å². The first-order valence-electron chi connectivity index (χ1n) is 2.69. The van der Waals surface area contributed by atoms with Crippen LogP contribution in [0.15, 0.2) is 11.1 Å². The van der Waals surface area contributed by atoms with Gasteiger partial charge in [0.2, 0.25) is 6.29 Å². The van der Waals surface area contributed by atoms with Crippen LogP contribution in [0.25, 0.3) is 0 Å². The molecule has 1 N–H and O–H groups in total. The molecule has 50 valence electrons. The fourth-order valence-corrected chi connectivity index (χ4v) is 0.624. The lowest BCUT2D eigenvalue weighted by Crippen LogP contribution is -2.07. The minimum atomic E-state index is -1.00. The van der Waals surface area contributed by atoms with E-state index in [1.54, 1.807) is 13.8 Å². The molecule has 0 bridgehead atoms. The predicted molar refractivity (Wildman–Crippen MR) is 30.5 cm³/mol. The molecule has 0 saturated heterocycles. The van der Waals surface area contributed by atoms with E-state index in [-0.39, 0.29) is 0 Å². The van der Waals surface area contributed by atoms with Gasteiger partial charge in [-0.2, -0.15) is 0 Å². The molecule has 0 aromatic heterocycles. The summed E-state index contributed by atoms with van der Waals surface area (Å²) in [6.07, 6.45) is -1.00. The van der Waals surface area contributed by atoms with Crippen molar-refractivity contribution in [3.63, 3.8) is 0 Å². The van der Waals surface area contributed by atoms with Crippen LogP contribution < -0.4 is 0 Å². The highest BCUT2D eigenvalue weighted by Gasteiger charge is 2.25. The molecule has 0 fully saturated rings. The van der Waals surface area contributed by atoms with Crippen molar-refractivity contribution in [3.05, 3.63) is 11.1 Å². The molecule has 1 rings (SSSR count). The molecule has 1 aliphatic heterocycles. The van der Waals surface area contributed by atoms with E-state index in [0.717, 1.165) is 0 Å². The number of hydrogen-bond donors (Lipinski definition) is 1. The minimum absolute atomic E-state index is 0.417. The Labute approximate surface area is 52.9 Å². The van der Waals surface area contributed by atoms with Crippen molar-refractivity contribution in [1.82, 2.24) is 0 Å².